The Labute approximate surface area is 85.0 Å². The predicted molar refractivity (Wildman–Crippen MR) is 56.9 cm³/mol. The smallest absolute Gasteiger partial charge is 0.270 e. The highest BCUT2D eigenvalue weighted by Gasteiger charge is 2.11. The van der Waals surface area contributed by atoms with E-state index in [9.17, 15) is 4.79 Å². The quantitative estimate of drug-likeness (QED) is 0.779. The van der Waals surface area contributed by atoms with Crippen molar-refractivity contribution in [2.75, 3.05) is 0 Å². The van der Waals surface area contributed by atoms with E-state index in [0.29, 0.717) is 22.1 Å². The van der Waals surface area contributed by atoms with Crippen molar-refractivity contribution >= 4 is 21.7 Å². The van der Waals surface area contributed by atoms with Gasteiger partial charge in [-0.15, -0.1) is 11.3 Å². The molecule has 0 radical (unpaired) electrons. The maximum absolute atomic E-state index is 11.5. The van der Waals surface area contributed by atoms with E-state index >= 15 is 0 Å². The second-order valence-corrected chi connectivity index (χ2v) is 4.54. The summed E-state index contributed by atoms with van der Waals surface area (Å²) in [7, 11) is 0. The van der Waals surface area contributed by atoms with E-state index in [2.05, 4.69) is 28.8 Å². The van der Waals surface area contributed by atoms with Crippen LogP contribution in [0.4, 0.5) is 0 Å². The van der Waals surface area contributed by atoms with E-state index in [-0.39, 0.29) is 5.56 Å². The van der Waals surface area contributed by atoms with E-state index in [1.54, 1.807) is 6.92 Å². The topological polar surface area (TPSA) is 58.6 Å². The van der Waals surface area contributed by atoms with Crippen molar-refractivity contribution in [2.45, 2.75) is 26.7 Å². The molecule has 0 bridgehead atoms. The third-order valence-corrected chi connectivity index (χ3v) is 3.24. The van der Waals surface area contributed by atoms with Gasteiger partial charge in [0.2, 0.25) is 0 Å². The summed E-state index contributed by atoms with van der Waals surface area (Å²) in [4.78, 5) is 22.7. The van der Waals surface area contributed by atoms with Crippen LogP contribution >= 0.6 is 11.3 Å². The van der Waals surface area contributed by atoms with E-state index in [4.69, 9.17) is 0 Å². The molecule has 0 fully saturated rings. The van der Waals surface area contributed by atoms with Gasteiger partial charge >= 0.3 is 0 Å². The number of hydrogen-bond donors (Lipinski definition) is 1. The third-order valence-electron chi connectivity index (χ3n) is 1.89. The van der Waals surface area contributed by atoms with Crippen LogP contribution in [0.5, 0.6) is 0 Å². The van der Waals surface area contributed by atoms with Gasteiger partial charge in [0.15, 0.2) is 5.65 Å². The Morgan fingerprint density at radius 1 is 1.36 bits per heavy atom. The van der Waals surface area contributed by atoms with E-state index in [1.165, 1.54) is 11.3 Å². The first-order chi connectivity index (χ1) is 6.58. The van der Waals surface area contributed by atoms with Crippen molar-refractivity contribution in [3.8, 4) is 0 Å². The maximum Gasteiger partial charge on any atom is 0.270 e. The Hall–Kier alpha value is -1.23. The van der Waals surface area contributed by atoms with Gasteiger partial charge in [0, 0.05) is 5.92 Å². The van der Waals surface area contributed by atoms with Crippen LogP contribution in [0.1, 0.15) is 30.6 Å². The average Bonchev–Trinajstić information content (AvgIpc) is 2.47. The summed E-state index contributed by atoms with van der Waals surface area (Å²) in [6, 6.07) is 0. The summed E-state index contributed by atoms with van der Waals surface area (Å²) in [6.07, 6.45) is 0. The zero-order valence-corrected chi connectivity index (χ0v) is 9.10. The summed E-state index contributed by atoms with van der Waals surface area (Å²) < 4.78 is 0.624. The average molecular weight is 209 g/mol. The number of hydrogen-bond acceptors (Lipinski definition) is 4. The summed E-state index contributed by atoms with van der Waals surface area (Å²) >= 11 is 1.42. The highest BCUT2D eigenvalue weighted by molar-refractivity contribution is 7.18. The van der Waals surface area contributed by atoms with Gasteiger partial charge in [-0.2, -0.15) is 0 Å². The Bertz CT molecular complexity index is 526. The fourth-order valence-corrected chi connectivity index (χ4v) is 2.11. The van der Waals surface area contributed by atoms with Crippen LogP contribution in [-0.4, -0.2) is 15.0 Å². The molecular formula is C9H11N3OS. The standard InChI is InChI=1S/C9H11N3OS/c1-4(2)9-12-7-6(14-9)8(13)11-5(3)10-7/h4H,1-3H3,(H,10,11,13). The third kappa shape index (κ3) is 1.43. The second kappa shape index (κ2) is 3.16. The van der Waals surface area contributed by atoms with Gasteiger partial charge in [-0.25, -0.2) is 9.97 Å². The number of aromatic nitrogens is 3. The minimum atomic E-state index is -0.0862. The fraction of sp³-hybridized carbons (Fsp3) is 0.444. The molecule has 14 heavy (non-hydrogen) atoms. The van der Waals surface area contributed by atoms with Crippen molar-refractivity contribution in [3.05, 3.63) is 21.2 Å². The molecule has 2 aromatic rings. The van der Waals surface area contributed by atoms with Gasteiger partial charge < -0.3 is 4.98 Å². The summed E-state index contributed by atoms with van der Waals surface area (Å²) in [5, 5.41) is 0.962. The number of H-pyrrole nitrogens is 1. The minimum Gasteiger partial charge on any atom is -0.309 e. The lowest BCUT2D eigenvalue weighted by Crippen LogP contribution is -2.07. The van der Waals surface area contributed by atoms with Gasteiger partial charge in [-0.1, -0.05) is 13.8 Å². The maximum atomic E-state index is 11.5. The first-order valence-electron chi connectivity index (χ1n) is 4.45. The van der Waals surface area contributed by atoms with Crippen LogP contribution in [0.2, 0.25) is 0 Å². The van der Waals surface area contributed by atoms with Gasteiger partial charge in [0.25, 0.3) is 5.56 Å². The molecule has 0 aromatic carbocycles. The first kappa shape index (κ1) is 9.33. The van der Waals surface area contributed by atoms with Crippen LogP contribution in [0.15, 0.2) is 4.79 Å². The first-order valence-corrected chi connectivity index (χ1v) is 5.27. The van der Waals surface area contributed by atoms with Crippen LogP contribution in [0.3, 0.4) is 0 Å². The van der Waals surface area contributed by atoms with Crippen molar-refractivity contribution in [1.82, 2.24) is 15.0 Å². The Balaban J connectivity index is 2.77. The number of nitrogens with zero attached hydrogens (tertiary/aromatic N) is 2. The number of fused-ring (bicyclic) bond motifs is 1. The minimum absolute atomic E-state index is 0.0862. The number of aromatic amines is 1. The SMILES string of the molecule is Cc1nc2nc(C(C)C)sc2c(=O)[nH]1. The molecule has 1 N–H and O–H groups in total. The molecule has 0 unspecified atom stereocenters. The zero-order valence-electron chi connectivity index (χ0n) is 8.29. The molecule has 2 rings (SSSR count). The molecule has 0 atom stereocenters. The molecule has 0 saturated heterocycles. The lowest BCUT2D eigenvalue weighted by atomic mass is 10.2. The molecule has 0 aliphatic heterocycles. The van der Waals surface area contributed by atoms with Gasteiger partial charge in [0.1, 0.15) is 10.5 Å². The largest absolute Gasteiger partial charge is 0.309 e. The number of thiazole rings is 1. The number of rotatable bonds is 1. The summed E-state index contributed by atoms with van der Waals surface area (Å²) in [5.74, 6) is 0.956. The monoisotopic (exact) mass is 209 g/mol. The van der Waals surface area contributed by atoms with Gasteiger partial charge in [-0.05, 0) is 6.92 Å². The molecule has 0 aliphatic carbocycles. The normalized spacial score (nSPS) is 11.4. The molecule has 2 heterocycles. The highest BCUT2D eigenvalue weighted by Crippen LogP contribution is 2.23. The Morgan fingerprint density at radius 3 is 2.71 bits per heavy atom. The predicted octanol–water partition coefficient (Wildman–Crippen LogP) is 1.81. The molecule has 0 aliphatic rings. The number of aryl methyl sites for hydroxylation is 1. The van der Waals surface area contributed by atoms with Gasteiger partial charge in [0.05, 0.1) is 5.01 Å². The summed E-state index contributed by atoms with van der Waals surface area (Å²) in [5.41, 5.74) is 0.483. The lowest BCUT2D eigenvalue weighted by molar-refractivity contribution is 0.854. The van der Waals surface area contributed by atoms with Crippen LogP contribution < -0.4 is 5.56 Å². The lowest BCUT2D eigenvalue weighted by Gasteiger charge is -1.93. The molecule has 74 valence electrons. The Kier molecular flexibility index (Phi) is 2.11. The second-order valence-electron chi connectivity index (χ2n) is 3.51. The van der Waals surface area contributed by atoms with Crippen molar-refractivity contribution < 1.29 is 0 Å². The van der Waals surface area contributed by atoms with Crippen LogP contribution in [-0.2, 0) is 0 Å². The fourth-order valence-electron chi connectivity index (χ4n) is 1.21. The molecule has 0 amide bonds. The van der Waals surface area contributed by atoms with Crippen molar-refractivity contribution in [3.63, 3.8) is 0 Å². The van der Waals surface area contributed by atoms with E-state index in [0.717, 1.165) is 5.01 Å². The molecule has 0 saturated carbocycles. The van der Waals surface area contributed by atoms with Crippen LogP contribution in [0, 0.1) is 6.92 Å². The zero-order chi connectivity index (χ0) is 10.3. The number of nitrogens with one attached hydrogen (secondary N) is 1. The summed E-state index contributed by atoms with van der Waals surface area (Å²) in [6.45, 7) is 5.87. The molecule has 5 heteroatoms. The molecular weight excluding hydrogens is 198 g/mol. The van der Waals surface area contributed by atoms with Crippen molar-refractivity contribution in [2.24, 2.45) is 0 Å². The van der Waals surface area contributed by atoms with E-state index < -0.39 is 0 Å². The molecule has 2 aromatic heterocycles. The van der Waals surface area contributed by atoms with Gasteiger partial charge in [-0.3, -0.25) is 4.79 Å². The highest BCUT2D eigenvalue weighted by atomic mass is 32.1. The van der Waals surface area contributed by atoms with Crippen molar-refractivity contribution in [1.29, 1.82) is 0 Å². The van der Waals surface area contributed by atoms with Crippen LogP contribution in [0.25, 0.3) is 10.3 Å². The molecule has 0 spiro atoms. The Morgan fingerprint density at radius 2 is 2.07 bits per heavy atom. The van der Waals surface area contributed by atoms with E-state index in [1.807, 2.05) is 0 Å². The molecule has 4 nitrogen and oxygen atoms in total.